The van der Waals surface area contributed by atoms with Gasteiger partial charge in [0.05, 0.1) is 4.88 Å². The number of hydrogen-bond donors (Lipinski definition) is 0. The molecule has 0 amide bonds. The molecule has 0 bridgehead atoms. The average molecular weight is 254 g/mol. The van der Waals surface area contributed by atoms with E-state index in [0.717, 1.165) is 15.6 Å². The maximum absolute atomic E-state index is 11.5. The number of nitrogens with zero attached hydrogens (tertiary/aromatic N) is 1. The second kappa shape index (κ2) is 3.98. The van der Waals surface area contributed by atoms with Gasteiger partial charge in [-0.15, -0.1) is 11.3 Å². The number of carbonyl (C=O) groups is 1. The smallest absolute Gasteiger partial charge is 0.262 e. The van der Waals surface area contributed by atoms with Crippen LogP contribution in [0.3, 0.4) is 0 Å². The maximum Gasteiger partial charge on any atom is 0.262 e. The summed E-state index contributed by atoms with van der Waals surface area (Å²) in [4.78, 5) is 11.0. The van der Waals surface area contributed by atoms with Crippen molar-refractivity contribution < 1.29 is 13.2 Å². The zero-order valence-electron chi connectivity index (χ0n) is 7.52. The highest BCUT2D eigenvalue weighted by Crippen LogP contribution is 2.24. The van der Waals surface area contributed by atoms with Gasteiger partial charge in [0.1, 0.15) is 4.21 Å². The van der Waals surface area contributed by atoms with Crippen molar-refractivity contribution >= 4 is 38.2 Å². The predicted molar refractivity (Wildman–Crippen MR) is 55.4 cm³/mol. The lowest BCUT2D eigenvalue weighted by molar-refractivity contribution is 0.108. The monoisotopic (exact) mass is 253 g/mol. The van der Waals surface area contributed by atoms with Crippen LogP contribution in [0.2, 0.25) is 0 Å². The Labute approximate surface area is 91.2 Å². The summed E-state index contributed by atoms with van der Waals surface area (Å²) >= 11 is 6.07. The summed E-state index contributed by atoms with van der Waals surface area (Å²) < 4.78 is 24.3. The third kappa shape index (κ3) is 2.14. The molecule has 4 nitrogen and oxygen atoms in total. The number of carbonyl (C=O) groups excluding carboxylic acids is 1. The Kier molecular flexibility index (Phi) is 3.31. The van der Waals surface area contributed by atoms with Crippen LogP contribution >= 0.6 is 22.9 Å². The third-order valence-corrected chi connectivity index (χ3v) is 5.19. The molecule has 78 valence electrons. The van der Waals surface area contributed by atoms with E-state index in [-0.39, 0.29) is 9.09 Å². The van der Waals surface area contributed by atoms with Crippen LogP contribution in [0.15, 0.2) is 16.3 Å². The lowest BCUT2D eigenvalue weighted by Crippen LogP contribution is -2.21. The Balaban J connectivity index is 3.16. The molecular formula is C7H8ClNO3S2. The lowest BCUT2D eigenvalue weighted by Gasteiger charge is -2.07. The first-order valence-corrected chi connectivity index (χ1v) is 6.21. The second-order valence-electron chi connectivity index (χ2n) is 2.68. The molecule has 0 unspecified atom stereocenters. The molecule has 7 heteroatoms. The molecule has 0 N–H and O–H groups in total. The molecule has 1 aromatic heterocycles. The van der Waals surface area contributed by atoms with Gasteiger partial charge in [-0.05, 0) is 23.7 Å². The van der Waals surface area contributed by atoms with Gasteiger partial charge in [0.15, 0.2) is 0 Å². The third-order valence-electron chi connectivity index (χ3n) is 1.51. The van der Waals surface area contributed by atoms with E-state index in [9.17, 15) is 13.2 Å². The van der Waals surface area contributed by atoms with Gasteiger partial charge in [-0.3, -0.25) is 4.79 Å². The van der Waals surface area contributed by atoms with E-state index in [1.165, 1.54) is 26.2 Å². The highest BCUT2D eigenvalue weighted by atomic mass is 35.5. The fourth-order valence-corrected chi connectivity index (χ4v) is 3.23. The SMILES string of the molecule is CN(C)S(=O)(=O)c1ccc(C(=O)Cl)s1. The van der Waals surface area contributed by atoms with Crippen LogP contribution in [0.4, 0.5) is 0 Å². The number of halogens is 1. The molecule has 0 aliphatic carbocycles. The maximum atomic E-state index is 11.5. The summed E-state index contributed by atoms with van der Waals surface area (Å²) in [5.74, 6) is 0. The van der Waals surface area contributed by atoms with Crippen molar-refractivity contribution in [2.45, 2.75) is 4.21 Å². The highest BCUT2D eigenvalue weighted by Gasteiger charge is 2.20. The number of rotatable bonds is 3. The Hall–Kier alpha value is -0.430. The molecule has 14 heavy (non-hydrogen) atoms. The van der Waals surface area contributed by atoms with Gasteiger partial charge in [0, 0.05) is 14.1 Å². The Morgan fingerprint density at radius 3 is 2.36 bits per heavy atom. The van der Waals surface area contributed by atoms with Gasteiger partial charge in [0.25, 0.3) is 15.3 Å². The molecule has 1 heterocycles. The number of hydrogen-bond acceptors (Lipinski definition) is 4. The van der Waals surface area contributed by atoms with E-state index >= 15 is 0 Å². The van der Waals surface area contributed by atoms with Crippen LogP contribution in [0.25, 0.3) is 0 Å². The van der Waals surface area contributed by atoms with Crippen molar-refractivity contribution in [3.63, 3.8) is 0 Å². The second-order valence-corrected chi connectivity index (χ2v) is 6.49. The Morgan fingerprint density at radius 1 is 1.43 bits per heavy atom. The van der Waals surface area contributed by atoms with E-state index in [2.05, 4.69) is 0 Å². The molecular weight excluding hydrogens is 246 g/mol. The molecule has 0 saturated heterocycles. The van der Waals surface area contributed by atoms with Gasteiger partial charge in [0.2, 0.25) is 0 Å². The standard InChI is InChI=1S/C7H8ClNO3S2/c1-9(2)14(11,12)6-4-3-5(13-6)7(8)10/h3-4H,1-2H3. The van der Waals surface area contributed by atoms with Crippen LogP contribution in [-0.4, -0.2) is 32.1 Å². The predicted octanol–water partition coefficient (Wildman–Crippen LogP) is 1.38. The van der Waals surface area contributed by atoms with Gasteiger partial charge in [-0.25, -0.2) is 12.7 Å². The van der Waals surface area contributed by atoms with Crippen LogP contribution in [0, 0.1) is 0 Å². The van der Waals surface area contributed by atoms with E-state index in [4.69, 9.17) is 11.6 Å². The largest absolute Gasteiger partial charge is 0.275 e. The van der Waals surface area contributed by atoms with E-state index < -0.39 is 15.3 Å². The molecule has 0 aliphatic heterocycles. The summed E-state index contributed by atoms with van der Waals surface area (Å²) in [5, 5.41) is -0.643. The minimum atomic E-state index is -3.45. The van der Waals surface area contributed by atoms with Crippen LogP contribution < -0.4 is 0 Å². The normalized spacial score (nSPS) is 12.0. The van der Waals surface area contributed by atoms with Crippen LogP contribution in [-0.2, 0) is 10.0 Å². The van der Waals surface area contributed by atoms with Gasteiger partial charge in [-0.1, -0.05) is 0 Å². The summed E-state index contributed by atoms with van der Waals surface area (Å²) in [6.45, 7) is 0. The summed E-state index contributed by atoms with van der Waals surface area (Å²) in [5.41, 5.74) is 0. The van der Waals surface area contributed by atoms with Crippen LogP contribution in [0.1, 0.15) is 9.67 Å². The summed E-state index contributed by atoms with van der Waals surface area (Å²) in [6, 6.07) is 2.77. The van der Waals surface area contributed by atoms with E-state index in [0.29, 0.717) is 0 Å². The quantitative estimate of drug-likeness (QED) is 0.765. The highest BCUT2D eigenvalue weighted by molar-refractivity contribution is 7.91. The van der Waals surface area contributed by atoms with Crippen LogP contribution in [0.5, 0.6) is 0 Å². The molecule has 0 aromatic carbocycles. The van der Waals surface area contributed by atoms with E-state index in [1.54, 1.807) is 0 Å². The fraction of sp³-hybridized carbons (Fsp3) is 0.286. The first kappa shape index (κ1) is 11.6. The first-order chi connectivity index (χ1) is 6.35. The average Bonchev–Trinajstić information content (AvgIpc) is 2.51. The summed E-state index contributed by atoms with van der Waals surface area (Å²) in [7, 11) is -0.593. The van der Waals surface area contributed by atoms with Crippen molar-refractivity contribution in [1.82, 2.24) is 4.31 Å². The Morgan fingerprint density at radius 2 is 2.00 bits per heavy atom. The molecule has 1 rings (SSSR count). The number of sulfonamides is 1. The zero-order chi connectivity index (χ0) is 10.9. The molecule has 0 radical (unpaired) electrons. The minimum absolute atomic E-state index is 0.117. The van der Waals surface area contributed by atoms with Crippen molar-refractivity contribution in [3.05, 3.63) is 17.0 Å². The van der Waals surface area contributed by atoms with Gasteiger partial charge in [-0.2, -0.15) is 0 Å². The summed E-state index contributed by atoms with van der Waals surface area (Å²) in [6.07, 6.45) is 0. The Bertz CT molecular complexity index is 449. The minimum Gasteiger partial charge on any atom is -0.275 e. The van der Waals surface area contributed by atoms with Gasteiger partial charge >= 0.3 is 0 Å². The van der Waals surface area contributed by atoms with Crippen molar-refractivity contribution in [1.29, 1.82) is 0 Å². The van der Waals surface area contributed by atoms with E-state index in [1.807, 2.05) is 0 Å². The number of thiophene rings is 1. The van der Waals surface area contributed by atoms with Crippen molar-refractivity contribution in [3.8, 4) is 0 Å². The molecule has 0 aliphatic rings. The van der Waals surface area contributed by atoms with Crippen molar-refractivity contribution in [2.75, 3.05) is 14.1 Å². The lowest BCUT2D eigenvalue weighted by atomic mass is 10.5. The molecule has 1 aromatic rings. The molecule has 0 atom stereocenters. The molecule has 0 spiro atoms. The molecule has 0 saturated carbocycles. The fourth-order valence-electron chi connectivity index (χ4n) is 0.744. The zero-order valence-corrected chi connectivity index (χ0v) is 9.91. The first-order valence-electron chi connectivity index (χ1n) is 3.58. The van der Waals surface area contributed by atoms with Gasteiger partial charge < -0.3 is 0 Å². The topological polar surface area (TPSA) is 54.5 Å². The molecule has 0 fully saturated rings. The van der Waals surface area contributed by atoms with Crippen molar-refractivity contribution in [2.24, 2.45) is 0 Å².